The number of aromatic nitrogens is 4. The molecule has 1 aromatic carbocycles. The van der Waals surface area contributed by atoms with Gasteiger partial charge in [0.2, 0.25) is 5.89 Å². The normalized spacial score (nSPS) is 16.2. The number of rotatable bonds is 4. The van der Waals surface area contributed by atoms with E-state index in [2.05, 4.69) is 20.4 Å². The summed E-state index contributed by atoms with van der Waals surface area (Å²) in [6.45, 7) is 1.19. The third kappa shape index (κ3) is 3.68. The molecule has 0 spiro atoms. The average molecular weight is 419 g/mol. The minimum Gasteiger partial charge on any atom is -0.444 e. The van der Waals surface area contributed by atoms with E-state index < -0.39 is 12.0 Å². The highest BCUT2D eigenvalue weighted by Gasteiger charge is 2.25. The van der Waals surface area contributed by atoms with Gasteiger partial charge in [0.1, 0.15) is 12.1 Å². The van der Waals surface area contributed by atoms with E-state index in [1.54, 1.807) is 23.0 Å². The van der Waals surface area contributed by atoms with Crippen molar-refractivity contribution in [3.8, 4) is 11.5 Å². The smallest absolute Gasteiger partial charge is 0.277 e. The predicted molar refractivity (Wildman–Crippen MR) is 116 cm³/mol. The maximum absolute atomic E-state index is 12.9. The van der Waals surface area contributed by atoms with Crippen molar-refractivity contribution < 1.29 is 14.3 Å². The Balaban J connectivity index is 1.46. The van der Waals surface area contributed by atoms with Crippen molar-refractivity contribution in [2.75, 3.05) is 29.0 Å². The first-order valence-electron chi connectivity index (χ1n) is 9.85. The molecule has 4 N–H and O–H groups in total. The number of nitrogens with two attached hydrogens (primary N) is 1. The molecule has 10 nitrogen and oxygen atoms in total. The fourth-order valence-electron chi connectivity index (χ4n) is 3.78. The lowest BCUT2D eigenvalue weighted by Crippen LogP contribution is -2.23. The minimum atomic E-state index is -0.402. The molecule has 4 heterocycles. The van der Waals surface area contributed by atoms with Crippen molar-refractivity contribution in [1.29, 1.82) is 0 Å². The molecule has 4 aromatic rings. The number of nitrogens with one attached hydrogen (secondary N) is 1. The first-order chi connectivity index (χ1) is 15.0. The van der Waals surface area contributed by atoms with Crippen LogP contribution >= 0.6 is 0 Å². The fraction of sp³-hybridized carbons (Fsp3) is 0.238. The first kappa shape index (κ1) is 19.1. The molecule has 31 heavy (non-hydrogen) atoms. The lowest BCUT2D eigenvalue weighted by Gasteiger charge is -2.21. The first-order valence-corrected chi connectivity index (χ1v) is 9.85. The summed E-state index contributed by atoms with van der Waals surface area (Å²) < 4.78 is 7.20. The van der Waals surface area contributed by atoms with Gasteiger partial charge in [0.05, 0.1) is 23.0 Å². The second-order valence-electron chi connectivity index (χ2n) is 7.58. The van der Waals surface area contributed by atoms with Crippen LogP contribution in [0.2, 0.25) is 0 Å². The van der Waals surface area contributed by atoms with Crippen LogP contribution in [0.15, 0.2) is 47.3 Å². The molecule has 1 saturated heterocycles. The molecule has 0 unspecified atom stereocenters. The van der Waals surface area contributed by atoms with Gasteiger partial charge in [-0.2, -0.15) is 5.10 Å². The third-order valence-corrected chi connectivity index (χ3v) is 5.25. The summed E-state index contributed by atoms with van der Waals surface area (Å²) in [5.74, 6) is 0.218. The molecule has 0 radical (unpaired) electrons. The van der Waals surface area contributed by atoms with Crippen molar-refractivity contribution in [3.05, 3.63) is 48.6 Å². The van der Waals surface area contributed by atoms with E-state index in [4.69, 9.17) is 10.2 Å². The van der Waals surface area contributed by atoms with E-state index in [-0.39, 0.29) is 11.6 Å². The summed E-state index contributed by atoms with van der Waals surface area (Å²) in [4.78, 5) is 23.2. The van der Waals surface area contributed by atoms with Gasteiger partial charge < -0.3 is 25.5 Å². The SMILES string of the molecule is Cn1cc2cc(NC(=O)c3coc(-c4ccnc(N)c4)n3)c(N3CC[C@@H](O)C3)cc2n1. The monoisotopic (exact) mass is 419 g/mol. The van der Waals surface area contributed by atoms with Crippen molar-refractivity contribution in [1.82, 2.24) is 19.7 Å². The Hall–Kier alpha value is -3.92. The Kier molecular flexibility index (Phi) is 4.55. The molecule has 1 fully saturated rings. The van der Waals surface area contributed by atoms with Gasteiger partial charge in [-0.15, -0.1) is 0 Å². The van der Waals surface area contributed by atoms with E-state index in [1.807, 2.05) is 30.3 Å². The molecule has 1 atom stereocenters. The topological polar surface area (TPSA) is 135 Å². The zero-order chi connectivity index (χ0) is 21.5. The van der Waals surface area contributed by atoms with Crippen LogP contribution in [0.3, 0.4) is 0 Å². The number of fused-ring (bicyclic) bond motifs is 1. The molecule has 1 aliphatic heterocycles. The van der Waals surface area contributed by atoms with Crippen LogP contribution in [-0.4, -0.2) is 50.0 Å². The standard InChI is InChI=1S/C21H21N7O3/c1-27-9-13-6-16(18(8-15(13)26-27)28-5-3-14(29)10-28)24-20(30)17-11-31-21(25-17)12-2-4-23-19(22)7-12/h2,4,6-9,11,14,29H,3,5,10H2,1H3,(H2,22,23)(H,24,30)/t14-/m1/s1. The van der Waals surface area contributed by atoms with Crippen LogP contribution in [0, 0.1) is 0 Å². The highest BCUT2D eigenvalue weighted by atomic mass is 16.3. The minimum absolute atomic E-state index is 0.143. The maximum Gasteiger partial charge on any atom is 0.277 e. The summed E-state index contributed by atoms with van der Waals surface area (Å²) in [6.07, 6.45) is 5.02. The Bertz CT molecular complexity index is 1280. The Morgan fingerprint density at radius 3 is 3.00 bits per heavy atom. The van der Waals surface area contributed by atoms with Crippen LogP contribution in [0.25, 0.3) is 22.4 Å². The number of hydrogen-bond donors (Lipinski definition) is 3. The summed E-state index contributed by atoms with van der Waals surface area (Å²) in [6, 6.07) is 7.14. The van der Waals surface area contributed by atoms with E-state index >= 15 is 0 Å². The largest absolute Gasteiger partial charge is 0.444 e. The van der Waals surface area contributed by atoms with Crippen molar-refractivity contribution in [3.63, 3.8) is 0 Å². The third-order valence-electron chi connectivity index (χ3n) is 5.25. The molecule has 5 rings (SSSR count). The van der Waals surface area contributed by atoms with Crippen LogP contribution in [-0.2, 0) is 7.05 Å². The lowest BCUT2D eigenvalue weighted by atomic mass is 10.2. The number of β-amino-alcohol motifs (C(OH)–C–C–N with tert-alkyl or cyclic N) is 1. The average Bonchev–Trinajstić information content (AvgIpc) is 3.46. The van der Waals surface area contributed by atoms with E-state index in [0.29, 0.717) is 36.6 Å². The van der Waals surface area contributed by atoms with Gasteiger partial charge in [-0.1, -0.05) is 0 Å². The molecule has 0 aliphatic carbocycles. The fourth-order valence-corrected chi connectivity index (χ4v) is 3.78. The Labute approximate surface area is 177 Å². The number of oxazole rings is 1. The van der Waals surface area contributed by atoms with E-state index in [9.17, 15) is 9.90 Å². The van der Waals surface area contributed by atoms with Crippen molar-refractivity contribution >= 4 is 34.0 Å². The highest BCUT2D eigenvalue weighted by molar-refractivity contribution is 6.06. The molecule has 10 heteroatoms. The maximum atomic E-state index is 12.9. The molecular weight excluding hydrogens is 398 g/mol. The molecule has 1 amide bonds. The second kappa shape index (κ2) is 7.40. The molecule has 0 saturated carbocycles. The Morgan fingerprint density at radius 1 is 1.35 bits per heavy atom. The van der Waals surface area contributed by atoms with Gasteiger partial charge in [0.25, 0.3) is 5.91 Å². The van der Waals surface area contributed by atoms with Gasteiger partial charge in [-0.25, -0.2) is 9.97 Å². The quantitative estimate of drug-likeness (QED) is 0.457. The van der Waals surface area contributed by atoms with Crippen LogP contribution in [0.1, 0.15) is 16.9 Å². The van der Waals surface area contributed by atoms with Gasteiger partial charge in [-0.05, 0) is 30.7 Å². The molecular formula is C21H21N7O3. The number of benzene rings is 1. The predicted octanol–water partition coefficient (Wildman–Crippen LogP) is 2.03. The summed E-state index contributed by atoms with van der Waals surface area (Å²) >= 11 is 0. The number of anilines is 3. The molecule has 158 valence electrons. The Morgan fingerprint density at radius 2 is 2.23 bits per heavy atom. The van der Waals surface area contributed by atoms with Gasteiger partial charge in [0, 0.05) is 43.5 Å². The number of carbonyl (C=O) groups excluding carboxylic acids is 1. The second-order valence-corrected chi connectivity index (χ2v) is 7.58. The number of aliphatic hydroxyl groups excluding tert-OH is 1. The molecule has 0 bridgehead atoms. The van der Waals surface area contributed by atoms with Crippen LogP contribution < -0.4 is 16.0 Å². The number of pyridine rings is 1. The number of amides is 1. The van der Waals surface area contributed by atoms with E-state index in [0.717, 1.165) is 16.6 Å². The van der Waals surface area contributed by atoms with Gasteiger partial charge >= 0.3 is 0 Å². The molecule has 1 aliphatic rings. The zero-order valence-electron chi connectivity index (χ0n) is 16.8. The number of aryl methyl sites for hydroxylation is 1. The van der Waals surface area contributed by atoms with Gasteiger partial charge in [0.15, 0.2) is 5.69 Å². The number of nitrogens with zero attached hydrogens (tertiary/aromatic N) is 5. The summed E-state index contributed by atoms with van der Waals surface area (Å²) in [7, 11) is 1.85. The number of aliphatic hydroxyl groups is 1. The summed E-state index contributed by atoms with van der Waals surface area (Å²) in [5.41, 5.74) is 8.73. The van der Waals surface area contributed by atoms with Crippen LogP contribution in [0.5, 0.6) is 0 Å². The summed E-state index contributed by atoms with van der Waals surface area (Å²) in [5, 5.41) is 18.3. The number of carbonyl (C=O) groups is 1. The van der Waals surface area contributed by atoms with Crippen LogP contribution in [0.4, 0.5) is 17.2 Å². The van der Waals surface area contributed by atoms with Crippen molar-refractivity contribution in [2.24, 2.45) is 7.05 Å². The van der Waals surface area contributed by atoms with Gasteiger partial charge in [-0.3, -0.25) is 9.48 Å². The number of hydrogen-bond acceptors (Lipinski definition) is 8. The highest BCUT2D eigenvalue weighted by Crippen LogP contribution is 2.33. The van der Waals surface area contributed by atoms with Crippen molar-refractivity contribution in [2.45, 2.75) is 12.5 Å². The number of nitrogen functional groups attached to an aromatic ring is 1. The lowest BCUT2D eigenvalue weighted by molar-refractivity contribution is 0.102. The van der Waals surface area contributed by atoms with E-state index in [1.165, 1.54) is 6.26 Å². The molecule has 3 aromatic heterocycles. The zero-order valence-corrected chi connectivity index (χ0v) is 16.8.